The molecule has 1 atom stereocenters. The number of anilines is 1. The molecule has 0 bridgehead atoms. The lowest BCUT2D eigenvalue weighted by Crippen LogP contribution is -2.54. The third-order valence-corrected chi connectivity index (χ3v) is 5.22. The van der Waals surface area contributed by atoms with E-state index in [-0.39, 0.29) is 22.4 Å². The molecule has 0 aliphatic carbocycles. The molecule has 2 aromatic rings. The maximum Gasteiger partial charge on any atom is 0.335 e. The Hall–Kier alpha value is -3.23. The Balaban J connectivity index is 1.91. The summed E-state index contributed by atoms with van der Waals surface area (Å²) in [6.07, 6.45) is 2.23. The molecule has 0 unspecified atom stereocenters. The van der Waals surface area contributed by atoms with E-state index in [9.17, 15) is 14.4 Å². The Kier molecular flexibility index (Phi) is 6.72. The molecule has 1 fully saturated rings. The fraction of sp³-hybridized carbons (Fsp3) is 0.182. The zero-order chi connectivity index (χ0) is 22.7. The van der Waals surface area contributed by atoms with Gasteiger partial charge in [0.15, 0.2) is 5.11 Å². The lowest BCUT2D eigenvalue weighted by Gasteiger charge is -2.29. The van der Waals surface area contributed by atoms with E-state index in [0.717, 1.165) is 11.3 Å². The van der Waals surface area contributed by atoms with Gasteiger partial charge in [0.1, 0.15) is 11.3 Å². The van der Waals surface area contributed by atoms with Gasteiger partial charge in [-0.05, 0) is 73.6 Å². The van der Waals surface area contributed by atoms with Crippen molar-refractivity contribution in [2.45, 2.75) is 26.4 Å². The van der Waals surface area contributed by atoms with Gasteiger partial charge in [0.05, 0.1) is 22.4 Å². The Morgan fingerprint density at radius 1 is 1.26 bits per heavy atom. The number of hydrogen-bond donors (Lipinski definition) is 2. The van der Waals surface area contributed by atoms with Gasteiger partial charge in [0.25, 0.3) is 11.8 Å². The van der Waals surface area contributed by atoms with Gasteiger partial charge in [0.2, 0.25) is 0 Å². The minimum absolute atomic E-state index is 0.00510. The highest BCUT2D eigenvalue weighted by Crippen LogP contribution is 2.29. The predicted molar refractivity (Wildman–Crippen MR) is 121 cm³/mol. The summed E-state index contributed by atoms with van der Waals surface area (Å²) in [5.74, 6) is -1.85. The van der Waals surface area contributed by atoms with Crippen molar-refractivity contribution in [3.05, 3.63) is 64.2 Å². The second kappa shape index (κ2) is 9.28. The van der Waals surface area contributed by atoms with E-state index in [1.807, 2.05) is 13.8 Å². The molecule has 160 valence electrons. The van der Waals surface area contributed by atoms with Gasteiger partial charge in [-0.2, -0.15) is 0 Å². The molecular weight excluding hydrogens is 440 g/mol. The van der Waals surface area contributed by atoms with Gasteiger partial charge >= 0.3 is 5.97 Å². The van der Waals surface area contributed by atoms with Crippen LogP contribution in [0.25, 0.3) is 6.08 Å². The second-order valence-corrected chi connectivity index (χ2v) is 7.63. The summed E-state index contributed by atoms with van der Waals surface area (Å²) in [5, 5.41) is 11.8. The molecule has 1 aliphatic rings. The molecule has 0 saturated carbocycles. The average Bonchev–Trinajstić information content (AvgIpc) is 2.73. The number of rotatable bonds is 6. The Morgan fingerprint density at radius 2 is 1.94 bits per heavy atom. The van der Waals surface area contributed by atoms with Crippen molar-refractivity contribution in [1.29, 1.82) is 0 Å². The zero-order valence-electron chi connectivity index (χ0n) is 16.7. The van der Waals surface area contributed by atoms with Gasteiger partial charge in [0, 0.05) is 0 Å². The number of amides is 2. The van der Waals surface area contributed by atoms with Gasteiger partial charge in [-0.3, -0.25) is 19.8 Å². The van der Waals surface area contributed by atoms with Crippen molar-refractivity contribution in [3.63, 3.8) is 0 Å². The Labute approximate surface area is 189 Å². The molecule has 31 heavy (non-hydrogen) atoms. The zero-order valence-corrected chi connectivity index (χ0v) is 18.3. The van der Waals surface area contributed by atoms with Crippen molar-refractivity contribution < 1.29 is 24.2 Å². The number of nitrogens with one attached hydrogen (secondary N) is 1. The number of carboxylic acid groups (broad SMARTS) is 1. The number of carboxylic acids is 1. The molecule has 2 N–H and O–H groups in total. The summed E-state index contributed by atoms with van der Waals surface area (Å²) in [6.45, 7) is 3.92. The topological polar surface area (TPSA) is 95.9 Å². The third-order valence-electron chi connectivity index (χ3n) is 4.64. The maximum absolute atomic E-state index is 13.0. The molecule has 1 aliphatic heterocycles. The van der Waals surface area contributed by atoms with E-state index in [2.05, 4.69) is 5.32 Å². The first-order valence-electron chi connectivity index (χ1n) is 9.42. The number of carbonyl (C=O) groups excluding carboxylic acids is 2. The number of ether oxygens (including phenoxy) is 1. The molecule has 3 rings (SSSR count). The van der Waals surface area contributed by atoms with Crippen molar-refractivity contribution in [2.24, 2.45) is 0 Å². The molecule has 7 nitrogen and oxygen atoms in total. The highest BCUT2D eigenvalue weighted by atomic mass is 35.5. The van der Waals surface area contributed by atoms with Crippen LogP contribution in [0.4, 0.5) is 5.69 Å². The Bertz CT molecular complexity index is 1100. The van der Waals surface area contributed by atoms with Gasteiger partial charge < -0.3 is 9.84 Å². The number of nitrogens with zero attached hydrogens (tertiary/aromatic N) is 1. The fourth-order valence-corrected chi connectivity index (χ4v) is 3.33. The Morgan fingerprint density at radius 3 is 2.52 bits per heavy atom. The van der Waals surface area contributed by atoms with Gasteiger partial charge in [-0.15, -0.1) is 0 Å². The SMILES string of the molecule is CC[C@H](C)Oc1ccc(/C=C2\C(=O)NC(=S)N(c3ccc(C(=O)O)cc3)C2=O)cc1Cl. The van der Waals surface area contributed by atoms with Crippen LogP contribution in [-0.2, 0) is 9.59 Å². The predicted octanol–water partition coefficient (Wildman–Crippen LogP) is 4.05. The van der Waals surface area contributed by atoms with Gasteiger partial charge in [-0.1, -0.05) is 24.6 Å². The number of thiocarbonyl (C=S) groups is 1. The lowest BCUT2D eigenvalue weighted by molar-refractivity contribution is -0.122. The third kappa shape index (κ3) is 4.92. The van der Waals surface area contributed by atoms with Crippen LogP contribution in [0.3, 0.4) is 0 Å². The average molecular weight is 459 g/mol. The lowest BCUT2D eigenvalue weighted by atomic mass is 10.1. The van der Waals surface area contributed by atoms with Crippen LogP contribution < -0.4 is 15.0 Å². The van der Waals surface area contributed by atoms with Crippen LogP contribution in [0.5, 0.6) is 5.75 Å². The summed E-state index contributed by atoms with van der Waals surface area (Å²) in [6, 6.07) is 10.6. The fourth-order valence-electron chi connectivity index (χ4n) is 2.81. The summed E-state index contributed by atoms with van der Waals surface area (Å²) in [5.41, 5.74) is 0.797. The first-order chi connectivity index (χ1) is 14.7. The van der Waals surface area contributed by atoms with Crippen LogP contribution >= 0.6 is 23.8 Å². The molecule has 9 heteroatoms. The summed E-state index contributed by atoms with van der Waals surface area (Å²) >= 11 is 11.4. The molecule has 1 heterocycles. The molecular formula is C22H19ClN2O5S. The molecule has 0 spiro atoms. The number of hydrogen-bond acceptors (Lipinski definition) is 5. The van der Waals surface area contributed by atoms with E-state index in [0.29, 0.717) is 22.0 Å². The van der Waals surface area contributed by atoms with Crippen LogP contribution in [0.15, 0.2) is 48.0 Å². The number of carbonyl (C=O) groups is 3. The monoisotopic (exact) mass is 458 g/mol. The first-order valence-corrected chi connectivity index (χ1v) is 10.2. The molecule has 2 aromatic carbocycles. The van der Waals surface area contributed by atoms with Crippen molar-refractivity contribution >= 4 is 58.5 Å². The number of halogens is 1. The van der Waals surface area contributed by atoms with E-state index < -0.39 is 17.8 Å². The first kappa shape index (κ1) is 22.5. The minimum atomic E-state index is -1.09. The normalized spacial score (nSPS) is 16.3. The molecule has 0 aromatic heterocycles. The highest BCUT2D eigenvalue weighted by molar-refractivity contribution is 7.80. The van der Waals surface area contributed by atoms with Crippen molar-refractivity contribution in [1.82, 2.24) is 5.32 Å². The standard InChI is InChI=1S/C22H19ClN2O5S/c1-3-12(2)30-18-9-4-13(11-17(18)23)10-16-19(26)24-22(31)25(20(16)27)15-7-5-14(6-8-15)21(28)29/h4-12H,3H2,1-2H3,(H,28,29)(H,24,26,31)/b16-10+/t12-/m0/s1. The van der Waals surface area contributed by atoms with E-state index in [4.69, 9.17) is 33.7 Å². The second-order valence-electron chi connectivity index (χ2n) is 6.84. The minimum Gasteiger partial charge on any atom is -0.489 e. The van der Waals surface area contributed by atoms with Crippen LogP contribution in [-0.4, -0.2) is 34.1 Å². The summed E-state index contributed by atoms with van der Waals surface area (Å²) < 4.78 is 5.73. The number of benzene rings is 2. The highest BCUT2D eigenvalue weighted by Gasteiger charge is 2.34. The summed E-state index contributed by atoms with van der Waals surface area (Å²) in [4.78, 5) is 37.7. The molecule has 2 amide bonds. The van der Waals surface area contributed by atoms with Crippen LogP contribution in [0.2, 0.25) is 5.02 Å². The maximum atomic E-state index is 13.0. The van der Waals surface area contributed by atoms with E-state index in [1.165, 1.54) is 30.3 Å². The van der Waals surface area contributed by atoms with E-state index in [1.54, 1.807) is 18.2 Å². The van der Waals surface area contributed by atoms with E-state index >= 15 is 0 Å². The largest absolute Gasteiger partial charge is 0.489 e. The van der Waals surface area contributed by atoms with Crippen LogP contribution in [0.1, 0.15) is 36.2 Å². The summed E-state index contributed by atoms with van der Waals surface area (Å²) in [7, 11) is 0. The quantitative estimate of drug-likeness (QED) is 0.385. The van der Waals surface area contributed by atoms with Crippen molar-refractivity contribution in [2.75, 3.05) is 4.90 Å². The molecule has 1 saturated heterocycles. The smallest absolute Gasteiger partial charge is 0.335 e. The number of aromatic carboxylic acids is 1. The van der Waals surface area contributed by atoms with Crippen LogP contribution in [0, 0.1) is 0 Å². The van der Waals surface area contributed by atoms with Crippen molar-refractivity contribution in [3.8, 4) is 5.75 Å². The van der Waals surface area contributed by atoms with Gasteiger partial charge in [-0.25, -0.2) is 4.79 Å². The molecule has 0 radical (unpaired) electrons.